The minimum atomic E-state index is -0.610. The number of allylic oxidation sites excluding steroid dienone is 1. The van der Waals surface area contributed by atoms with Crippen molar-refractivity contribution in [2.75, 3.05) is 20.3 Å². The SMILES string of the molecule is COc1cc(C2C(C#N)=C(N)Oc3cc(OC(=O)COc4cccc(Cl)c4)ccc32)ccc1OCCC(C)C. The molecule has 202 valence electrons. The van der Waals surface area contributed by atoms with Crippen LogP contribution in [-0.4, -0.2) is 26.3 Å². The topological polar surface area (TPSA) is 113 Å². The number of nitrogens with zero attached hydrogens (tertiary/aromatic N) is 1. The number of carbonyl (C=O) groups excluding carboxylic acids is 1. The van der Waals surface area contributed by atoms with E-state index >= 15 is 0 Å². The first kappa shape index (κ1) is 27.7. The summed E-state index contributed by atoms with van der Waals surface area (Å²) in [6, 6.07) is 19.3. The van der Waals surface area contributed by atoms with Gasteiger partial charge in [-0.05, 0) is 54.3 Å². The Balaban J connectivity index is 1.55. The summed E-state index contributed by atoms with van der Waals surface area (Å²) in [5, 5.41) is 10.4. The van der Waals surface area contributed by atoms with Gasteiger partial charge in [-0.1, -0.05) is 43.6 Å². The van der Waals surface area contributed by atoms with Crippen LogP contribution in [0.2, 0.25) is 5.02 Å². The van der Waals surface area contributed by atoms with Gasteiger partial charge in [-0.2, -0.15) is 5.26 Å². The fourth-order valence-corrected chi connectivity index (χ4v) is 4.27. The zero-order valence-electron chi connectivity index (χ0n) is 21.9. The van der Waals surface area contributed by atoms with Crippen LogP contribution in [-0.2, 0) is 4.79 Å². The first-order valence-corrected chi connectivity index (χ1v) is 12.8. The Hall–Kier alpha value is -4.35. The van der Waals surface area contributed by atoms with Crippen molar-refractivity contribution in [3.63, 3.8) is 0 Å². The largest absolute Gasteiger partial charge is 0.493 e. The summed E-state index contributed by atoms with van der Waals surface area (Å²) in [5.74, 6) is 1.58. The van der Waals surface area contributed by atoms with Crippen molar-refractivity contribution in [1.29, 1.82) is 5.26 Å². The number of nitrogens with two attached hydrogens (primary N) is 1. The highest BCUT2D eigenvalue weighted by Crippen LogP contribution is 2.45. The van der Waals surface area contributed by atoms with Crippen LogP contribution >= 0.6 is 11.6 Å². The van der Waals surface area contributed by atoms with Gasteiger partial charge in [0.25, 0.3) is 0 Å². The molecule has 3 aromatic carbocycles. The number of carbonyl (C=O) groups is 1. The number of hydrogen-bond acceptors (Lipinski definition) is 8. The average Bonchev–Trinajstić information content (AvgIpc) is 2.91. The van der Waals surface area contributed by atoms with Crippen LogP contribution in [0.1, 0.15) is 37.3 Å². The van der Waals surface area contributed by atoms with Crippen LogP contribution < -0.4 is 29.4 Å². The summed E-state index contributed by atoms with van der Waals surface area (Å²) < 4.78 is 28.1. The molecule has 9 heteroatoms. The predicted octanol–water partition coefficient (Wildman–Crippen LogP) is 5.98. The fraction of sp³-hybridized carbons (Fsp3) is 0.267. The molecular formula is C30H29ClN2O6. The molecule has 0 fully saturated rings. The Morgan fingerprint density at radius 1 is 1.08 bits per heavy atom. The smallest absolute Gasteiger partial charge is 0.349 e. The Labute approximate surface area is 232 Å². The molecule has 0 amide bonds. The van der Waals surface area contributed by atoms with Gasteiger partial charge in [0.05, 0.1) is 19.6 Å². The zero-order valence-corrected chi connectivity index (χ0v) is 22.7. The van der Waals surface area contributed by atoms with Gasteiger partial charge in [0.15, 0.2) is 18.1 Å². The summed E-state index contributed by atoms with van der Waals surface area (Å²) in [6.07, 6.45) is 0.912. The number of halogens is 1. The van der Waals surface area contributed by atoms with Gasteiger partial charge in [-0.25, -0.2) is 4.79 Å². The molecule has 1 heterocycles. The van der Waals surface area contributed by atoms with E-state index in [9.17, 15) is 10.1 Å². The standard InChI is InChI=1S/C30H29ClN2O6/c1-18(2)11-12-36-25-10-7-19(13-27(25)35-3)29-23-9-8-22(15-26(23)39-30(33)24(29)16-32)38-28(34)17-37-21-6-4-5-20(31)14-21/h4-10,13-15,18,29H,11-12,17,33H2,1-3H3. The quantitative estimate of drug-likeness (QED) is 0.243. The molecule has 2 N–H and O–H groups in total. The number of fused-ring (bicyclic) bond motifs is 1. The number of rotatable bonds is 10. The summed E-state index contributed by atoms with van der Waals surface area (Å²) in [7, 11) is 1.57. The third-order valence-electron chi connectivity index (χ3n) is 6.05. The van der Waals surface area contributed by atoms with E-state index in [0.29, 0.717) is 46.1 Å². The lowest BCUT2D eigenvalue weighted by Crippen LogP contribution is -2.22. The molecule has 39 heavy (non-hydrogen) atoms. The molecule has 8 nitrogen and oxygen atoms in total. The molecule has 0 spiro atoms. The van der Waals surface area contributed by atoms with E-state index in [-0.39, 0.29) is 23.8 Å². The van der Waals surface area contributed by atoms with Crippen LogP contribution in [0.5, 0.6) is 28.7 Å². The van der Waals surface area contributed by atoms with Crippen molar-refractivity contribution in [3.8, 4) is 34.8 Å². The Morgan fingerprint density at radius 2 is 1.90 bits per heavy atom. The predicted molar refractivity (Wildman–Crippen MR) is 146 cm³/mol. The minimum absolute atomic E-state index is 0.0287. The average molecular weight is 549 g/mol. The third kappa shape index (κ3) is 6.75. The molecule has 0 aliphatic carbocycles. The van der Waals surface area contributed by atoms with E-state index in [4.69, 9.17) is 41.0 Å². The molecule has 1 aliphatic heterocycles. The van der Waals surface area contributed by atoms with Gasteiger partial charge in [-0.3, -0.25) is 0 Å². The summed E-state index contributed by atoms with van der Waals surface area (Å²) in [5.41, 5.74) is 7.86. The van der Waals surface area contributed by atoms with Crippen molar-refractivity contribution >= 4 is 17.6 Å². The molecule has 3 aromatic rings. The normalized spacial score (nSPS) is 14.2. The Morgan fingerprint density at radius 3 is 2.62 bits per heavy atom. The van der Waals surface area contributed by atoms with Crippen LogP contribution in [0.25, 0.3) is 0 Å². The summed E-state index contributed by atoms with van der Waals surface area (Å²) >= 11 is 5.94. The maximum absolute atomic E-state index is 12.4. The van der Waals surface area contributed by atoms with Gasteiger partial charge < -0.3 is 29.4 Å². The van der Waals surface area contributed by atoms with Crippen LogP contribution in [0.3, 0.4) is 0 Å². The highest BCUT2D eigenvalue weighted by molar-refractivity contribution is 6.30. The molecule has 0 saturated carbocycles. The van der Waals surface area contributed by atoms with Crippen molar-refractivity contribution in [3.05, 3.63) is 88.3 Å². The fourth-order valence-electron chi connectivity index (χ4n) is 4.09. The van der Waals surface area contributed by atoms with Crippen molar-refractivity contribution in [2.45, 2.75) is 26.2 Å². The molecule has 1 atom stereocenters. The van der Waals surface area contributed by atoms with Crippen molar-refractivity contribution in [2.24, 2.45) is 11.7 Å². The van der Waals surface area contributed by atoms with Gasteiger partial charge in [0, 0.05) is 16.7 Å². The maximum atomic E-state index is 12.4. The molecule has 0 aromatic heterocycles. The van der Waals surface area contributed by atoms with Crippen molar-refractivity contribution in [1.82, 2.24) is 0 Å². The van der Waals surface area contributed by atoms with E-state index in [1.54, 1.807) is 49.6 Å². The van der Waals surface area contributed by atoms with E-state index in [1.165, 1.54) is 0 Å². The van der Waals surface area contributed by atoms with E-state index in [0.717, 1.165) is 12.0 Å². The van der Waals surface area contributed by atoms with E-state index in [2.05, 4.69) is 19.9 Å². The molecule has 4 rings (SSSR count). The monoisotopic (exact) mass is 548 g/mol. The number of benzene rings is 3. The van der Waals surface area contributed by atoms with E-state index < -0.39 is 11.9 Å². The second-order valence-corrected chi connectivity index (χ2v) is 9.72. The molecule has 0 saturated heterocycles. The lowest BCUT2D eigenvalue weighted by molar-refractivity contribution is -0.136. The lowest BCUT2D eigenvalue weighted by Gasteiger charge is -2.27. The number of esters is 1. The van der Waals surface area contributed by atoms with Crippen molar-refractivity contribution < 1.29 is 28.5 Å². The summed E-state index contributed by atoms with van der Waals surface area (Å²) in [4.78, 5) is 12.4. The second kappa shape index (κ2) is 12.5. The number of nitriles is 1. The number of ether oxygens (including phenoxy) is 5. The second-order valence-electron chi connectivity index (χ2n) is 9.29. The van der Waals surface area contributed by atoms with Gasteiger partial charge in [0.1, 0.15) is 28.9 Å². The summed E-state index contributed by atoms with van der Waals surface area (Å²) in [6.45, 7) is 4.52. The highest BCUT2D eigenvalue weighted by Gasteiger charge is 2.31. The molecular weight excluding hydrogens is 520 g/mol. The van der Waals surface area contributed by atoms with Crippen LogP contribution in [0.4, 0.5) is 0 Å². The highest BCUT2D eigenvalue weighted by atomic mass is 35.5. The molecule has 1 unspecified atom stereocenters. The van der Waals surface area contributed by atoms with Gasteiger partial charge in [-0.15, -0.1) is 0 Å². The zero-order chi connectivity index (χ0) is 27.9. The molecule has 1 aliphatic rings. The number of methoxy groups -OCH3 is 1. The van der Waals surface area contributed by atoms with Gasteiger partial charge >= 0.3 is 5.97 Å². The van der Waals surface area contributed by atoms with E-state index in [1.807, 2.05) is 18.2 Å². The number of hydrogen-bond donors (Lipinski definition) is 1. The van der Waals surface area contributed by atoms with Crippen LogP contribution in [0.15, 0.2) is 72.1 Å². The molecule has 0 radical (unpaired) electrons. The Bertz CT molecular complexity index is 1430. The minimum Gasteiger partial charge on any atom is -0.493 e. The lowest BCUT2D eigenvalue weighted by atomic mass is 9.83. The maximum Gasteiger partial charge on any atom is 0.349 e. The van der Waals surface area contributed by atoms with Crippen LogP contribution in [0, 0.1) is 17.2 Å². The third-order valence-corrected chi connectivity index (χ3v) is 6.28. The first-order valence-electron chi connectivity index (χ1n) is 12.4. The first-order chi connectivity index (χ1) is 18.8. The molecule has 0 bridgehead atoms. The van der Waals surface area contributed by atoms with Gasteiger partial charge in [0.2, 0.25) is 5.88 Å². The Kier molecular flexibility index (Phi) is 8.84.